The standard InChI is InChI=1S/C16H28N2O6S2/c1-3-14(19)17(13-16(4-2)25-10-11-26-16)12-15(20)23-8-6-5-7-9-24-18(21)22/h3-13H2,1-2H3. The van der Waals surface area contributed by atoms with Gasteiger partial charge in [-0.25, -0.2) is 0 Å². The van der Waals surface area contributed by atoms with Gasteiger partial charge in [-0.1, -0.05) is 13.8 Å². The van der Waals surface area contributed by atoms with E-state index in [0.29, 0.717) is 32.2 Å². The van der Waals surface area contributed by atoms with Crippen molar-refractivity contribution in [1.82, 2.24) is 4.90 Å². The lowest BCUT2D eigenvalue weighted by Gasteiger charge is -2.32. The third-order valence-corrected chi connectivity index (χ3v) is 7.68. The van der Waals surface area contributed by atoms with Crippen molar-refractivity contribution in [3.8, 4) is 0 Å². The number of ether oxygens (including phenoxy) is 1. The maximum atomic E-state index is 12.2. The van der Waals surface area contributed by atoms with Gasteiger partial charge in [0.05, 0.1) is 17.3 Å². The van der Waals surface area contributed by atoms with Crippen LogP contribution in [-0.2, 0) is 19.2 Å². The first kappa shape index (κ1) is 22.9. The van der Waals surface area contributed by atoms with Crippen LogP contribution in [0.1, 0.15) is 46.0 Å². The van der Waals surface area contributed by atoms with Crippen LogP contribution in [0.3, 0.4) is 0 Å². The maximum absolute atomic E-state index is 12.2. The van der Waals surface area contributed by atoms with E-state index in [2.05, 4.69) is 11.8 Å². The number of carbonyl (C=O) groups excluding carboxylic acids is 2. The Hall–Kier alpha value is -1.16. The Morgan fingerprint density at radius 2 is 1.81 bits per heavy atom. The highest BCUT2D eigenvalue weighted by Gasteiger charge is 2.37. The molecular weight excluding hydrogens is 380 g/mol. The third-order valence-electron chi connectivity index (χ3n) is 4.01. The van der Waals surface area contributed by atoms with Crippen LogP contribution >= 0.6 is 23.5 Å². The van der Waals surface area contributed by atoms with Gasteiger partial charge in [-0.15, -0.1) is 33.6 Å². The van der Waals surface area contributed by atoms with E-state index in [1.165, 1.54) is 0 Å². The van der Waals surface area contributed by atoms with Gasteiger partial charge in [-0.05, 0) is 25.7 Å². The second-order valence-corrected chi connectivity index (χ2v) is 9.12. The number of hydrogen-bond acceptors (Lipinski definition) is 8. The largest absolute Gasteiger partial charge is 0.464 e. The number of carbonyl (C=O) groups is 2. The number of hydrogen-bond donors (Lipinski definition) is 0. The van der Waals surface area contributed by atoms with E-state index in [9.17, 15) is 19.7 Å². The molecule has 0 N–H and O–H groups in total. The molecule has 26 heavy (non-hydrogen) atoms. The molecule has 1 aliphatic rings. The Kier molecular flexibility index (Phi) is 10.8. The minimum atomic E-state index is -0.816. The number of amides is 1. The molecule has 0 bridgehead atoms. The van der Waals surface area contributed by atoms with Crippen LogP contribution in [0, 0.1) is 10.1 Å². The summed E-state index contributed by atoms with van der Waals surface area (Å²) in [7, 11) is 0. The van der Waals surface area contributed by atoms with E-state index in [-0.39, 0.29) is 29.7 Å². The van der Waals surface area contributed by atoms with Crippen molar-refractivity contribution in [3.05, 3.63) is 10.1 Å². The van der Waals surface area contributed by atoms with Crippen molar-refractivity contribution in [2.45, 2.75) is 50.0 Å². The lowest BCUT2D eigenvalue weighted by molar-refractivity contribution is -0.757. The molecule has 150 valence electrons. The molecule has 0 aromatic carbocycles. The van der Waals surface area contributed by atoms with Crippen LogP contribution in [0.4, 0.5) is 0 Å². The van der Waals surface area contributed by atoms with E-state index in [1.54, 1.807) is 11.8 Å². The second-order valence-electron chi connectivity index (χ2n) is 5.90. The Morgan fingerprint density at radius 3 is 2.38 bits per heavy atom. The molecule has 10 heteroatoms. The van der Waals surface area contributed by atoms with Crippen LogP contribution in [0.15, 0.2) is 0 Å². The predicted octanol–water partition coefficient (Wildman–Crippen LogP) is 2.73. The molecular formula is C16H28N2O6S2. The molecule has 0 aromatic rings. The first-order valence-corrected chi connectivity index (χ1v) is 10.9. The number of esters is 1. The van der Waals surface area contributed by atoms with E-state index in [0.717, 1.165) is 17.9 Å². The average Bonchev–Trinajstić information content (AvgIpc) is 3.08. The van der Waals surface area contributed by atoms with Crippen LogP contribution in [0.5, 0.6) is 0 Å². The summed E-state index contributed by atoms with van der Waals surface area (Å²) in [4.78, 5) is 40.1. The van der Waals surface area contributed by atoms with Gasteiger partial charge in [0.25, 0.3) is 5.09 Å². The molecule has 1 heterocycles. The van der Waals surface area contributed by atoms with E-state index in [1.807, 2.05) is 23.5 Å². The van der Waals surface area contributed by atoms with Crippen LogP contribution in [0.2, 0.25) is 0 Å². The minimum Gasteiger partial charge on any atom is -0.464 e. The first-order valence-electron chi connectivity index (χ1n) is 8.91. The van der Waals surface area contributed by atoms with Crippen LogP contribution < -0.4 is 0 Å². The lowest BCUT2D eigenvalue weighted by atomic mass is 10.2. The second kappa shape index (κ2) is 12.3. The zero-order chi connectivity index (χ0) is 19.4. The summed E-state index contributed by atoms with van der Waals surface area (Å²) in [5.74, 6) is 1.68. The van der Waals surface area contributed by atoms with Gasteiger partial charge in [-0.3, -0.25) is 9.59 Å². The summed E-state index contributed by atoms with van der Waals surface area (Å²) in [5, 5.41) is 9.19. The zero-order valence-electron chi connectivity index (χ0n) is 15.4. The summed E-state index contributed by atoms with van der Waals surface area (Å²) >= 11 is 3.72. The summed E-state index contributed by atoms with van der Waals surface area (Å²) < 4.78 is 5.18. The van der Waals surface area contributed by atoms with Crippen molar-refractivity contribution in [2.75, 3.05) is 37.8 Å². The number of rotatable bonds is 13. The van der Waals surface area contributed by atoms with Gasteiger partial charge < -0.3 is 14.5 Å². The highest BCUT2D eigenvalue weighted by atomic mass is 32.2. The summed E-state index contributed by atoms with van der Waals surface area (Å²) in [6.07, 6.45) is 3.12. The molecule has 0 aromatic heterocycles. The Morgan fingerprint density at radius 1 is 1.15 bits per heavy atom. The van der Waals surface area contributed by atoms with E-state index >= 15 is 0 Å². The summed E-state index contributed by atoms with van der Waals surface area (Å²) in [6, 6.07) is 0. The lowest BCUT2D eigenvalue weighted by Crippen LogP contribution is -2.43. The Bertz CT molecular complexity index is 472. The number of unbranched alkanes of at least 4 members (excludes halogenated alkanes) is 2. The normalized spacial score (nSPS) is 15.5. The predicted molar refractivity (Wildman–Crippen MR) is 103 cm³/mol. The topological polar surface area (TPSA) is 99.0 Å². The molecule has 1 aliphatic heterocycles. The van der Waals surface area contributed by atoms with Crippen LogP contribution in [-0.4, -0.2) is 63.8 Å². The number of thioether (sulfide) groups is 2. The fourth-order valence-corrected chi connectivity index (χ4v) is 5.70. The van der Waals surface area contributed by atoms with Gasteiger partial charge in [0.1, 0.15) is 6.54 Å². The molecule has 0 spiro atoms. The highest BCUT2D eigenvalue weighted by Crippen LogP contribution is 2.46. The van der Waals surface area contributed by atoms with Gasteiger partial charge in [0, 0.05) is 24.5 Å². The molecule has 1 fully saturated rings. The van der Waals surface area contributed by atoms with Gasteiger partial charge in [-0.2, -0.15) is 0 Å². The van der Waals surface area contributed by atoms with Crippen LogP contribution in [0.25, 0.3) is 0 Å². The highest BCUT2D eigenvalue weighted by molar-refractivity contribution is 8.21. The molecule has 0 radical (unpaired) electrons. The summed E-state index contributed by atoms with van der Waals surface area (Å²) in [5.41, 5.74) is 0. The van der Waals surface area contributed by atoms with Crippen molar-refractivity contribution in [3.63, 3.8) is 0 Å². The van der Waals surface area contributed by atoms with E-state index < -0.39 is 11.1 Å². The van der Waals surface area contributed by atoms with Gasteiger partial charge in [0.2, 0.25) is 5.91 Å². The zero-order valence-corrected chi connectivity index (χ0v) is 17.1. The first-order chi connectivity index (χ1) is 12.4. The summed E-state index contributed by atoms with van der Waals surface area (Å²) in [6.45, 7) is 4.73. The van der Waals surface area contributed by atoms with Crippen molar-refractivity contribution < 1.29 is 24.3 Å². The van der Waals surface area contributed by atoms with Gasteiger partial charge in [0.15, 0.2) is 0 Å². The molecule has 0 aliphatic carbocycles. The quantitative estimate of drug-likeness (QED) is 0.198. The van der Waals surface area contributed by atoms with E-state index in [4.69, 9.17) is 4.74 Å². The smallest absolute Gasteiger partial charge is 0.325 e. The molecule has 1 amide bonds. The molecule has 1 rings (SSSR count). The molecule has 1 saturated heterocycles. The van der Waals surface area contributed by atoms with Crippen molar-refractivity contribution >= 4 is 35.4 Å². The molecule has 0 saturated carbocycles. The average molecular weight is 409 g/mol. The Labute approximate surface area is 162 Å². The SMILES string of the molecule is CCC(=O)N(CC(=O)OCCCCCO[N+](=O)[O-])CC1(CC)SCCS1. The van der Waals surface area contributed by atoms with Gasteiger partial charge >= 0.3 is 5.97 Å². The number of nitrogens with zero attached hydrogens (tertiary/aromatic N) is 2. The molecule has 8 nitrogen and oxygen atoms in total. The minimum absolute atomic E-state index is 0.0257. The maximum Gasteiger partial charge on any atom is 0.325 e. The fourth-order valence-electron chi connectivity index (χ4n) is 2.56. The fraction of sp³-hybridized carbons (Fsp3) is 0.875. The van der Waals surface area contributed by atoms with Crippen molar-refractivity contribution in [1.29, 1.82) is 0 Å². The molecule has 0 atom stereocenters. The third kappa shape index (κ3) is 8.48. The van der Waals surface area contributed by atoms with Crippen molar-refractivity contribution in [2.24, 2.45) is 0 Å². The monoisotopic (exact) mass is 408 g/mol. The molecule has 0 unspecified atom stereocenters. The Balaban J connectivity index is 2.34.